The first-order valence-corrected chi connectivity index (χ1v) is 9.81. The zero-order valence-corrected chi connectivity index (χ0v) is 15.6. The zero-order chi connectivity index (χ0) is 18.6. The first-order valence-electron chi connectivity index (χ1n) is 8.93. The minimum absolute atomic E-state index is 0.0817. The smallest absolute Gasteiger partial charge is 0.251 e. The molecule has 1 amide bonds. The Labute approximate surface area is 161 Å². The number of anilines is 1. The number of carbonyl (C=O) groups is 1. The molecule has 0 aliphatic carbocycles. The Morgan fingerprint density at radius 3 is 3.04 bits per heavy atom. The van der Waals surface area contributed by atoms with Crippen LogP contribution in [0.2, 0.25) is 0 Å². The van der Waals surface area contributed by atoms with Gasteiger partial charge in [0.25, 0.3) is 5.91 Å². The van der Waals surface area contributed by atoms with Crippen LogP contribution in [0.25, 0.3) is 10.1 Å². The lowest BCUT2D eigenvalue weighted by Gasteiger charge is -2.23. The molecule has 2 aromatic heterocycles. The van der Waals surface area contributed by atoms with Crippen molar-refractivity contribution in [1.29, 1.82) is 0 Å². The summed E-state index contributed by atoms with van der Waals surface area (Å²) in [5.74, 6) is 1.08. The molecule has 0 unspecified atom stereocenters. The molecule has 1 aliphatic rings. The second-order valence-electron chi connectivity index (χ2n) is 6.51. The number of thiophene rings is 1. The summed E-state index contributed by atoms with van der Waals surface area (Å²) in [6.07, 6.45) is 3.41. The molecule has 1 aliphatic heterocycles. The van der Waals surface area contributed by atoms with Gasteiger partial charge in [-0.15, -0.1) is 11.3 Å². The average molecular weight is 383 g/mol. The Bertz CT molecular complexity index is 951. The Hall–Kier alpha value is -2.64. The highest BCUT2D eigenvalue weighted by atomic mass is 32.1. The molecule has 3 heterocycles. The molecule has 1 fully saturated rings. The molecule has 0 radical (unpaired) electrons. The van der Waals surface area contributed by atoms with Gasteiger partial charge in [-0.2, -0.15) is 0 Å². The van der Waals surface area contributed by atoms with E-state index in [1.54, 1.807) is 29.7 Å². The molecule has 0 spiro atoms. The van der Waals surface area contributed by atoms with Gasteiger partial charge >= 0.3 is 0 Å². The van der Waals surface area contributed by atoms with Crippen molar-refractivity contribution in [2.45, 2.75) is 25.5 Å². The molecule has 0 saturated carbocycles. The number of carbonyl (C=O) groups excluding carboxylic acids is 1. The number of benzene rings is 1. The zero-order valence-electron chi connectivity index (χ0n) is 14.8. The first-order chi connectivity index (χ1) is 13.2. The standard InChI is InChI=1S/C20H21N3O3S/c21-19-18-14(12-27-17(18)4-7-22-19)11-26-16-3-1-2-13(10-16)20(24)23-15-5-8-25-9-6-15/h1-4,7,10,12,15H,5-6,8-9,11H2,(H2,21,22)(H,23,24). The lowest BCUT2D eigenvalue weighted by Crippen LogP contribution is -2.38. The fraction of sp³-hybridized carbons (Fsp3) is 0.300. The van der Waals surface area contributed by atoms with Crippen molar-refractivity contribution in [2.75, 3.05) is 18.9 Å². The van der Waals surface area contributed by atoms with E-state index in [2.05, 4.69) is 10.3 Å². The largest absolute Gasteiger partial charge is 0.489 e. The van der Waals surface area contributed by atoms with Crippen molar-refractivity contribution in [3.05, 3.63) is 53.0 Å². The van der Waals surface area contributed by atoms with Gasteiger partial charge in [0.05, 0.1) is 0 Å². The Morgan fingerprint density at radius 2 is 2.19 bits per heavy atom. The van der Waals surface area contributed by atoms with Gasteiger partial charge in [0.15, 0.2) is 0 Å². The number of nitrogens with zero attached hydrogens (tertiary/aromatic N) is 1. The maximum atomic E-state index is 12.5. The van der Waals surface area contributed by atoms with Gasteiger partial charge in [0.1, 0.15) is 18.2 Å². The number of pyridine rings is 1. The van der Waals surface area contributed by atoms with Crippen molar-refractivity contribution in [3.8, 4) is 5.75 Å². The fourth-order valence-corrected chi connectivity index (χ4v) is 4.13. The molecule has 3 N–H and O–H groups in total. The summed E-state index contributed by atoms with van der Waals surface area (Å²) in [7, 11) is 0. The number of ether oxygens (including phenoxy) is 2. The minimum atomic E-state index is -0.0817. The number of fused-ring (bicyclic) bond motifs is 1. The molecule has 140 valence electrons. The molecule has 0 bridgehead atoms. The summed E-state index contributed by atoms with van der Waals surface area (Å²) in [6.45, 7) is 1.77. The van der Waals surface area contributed by atoms with E-state index in [4.69, 9.17) is 15.2 Å². The van der Waals surface area contributed by atoms with Gasteiger partial charge in [-0.1, -0.05) is 6.07 Å². The molecular weight excluding hydrogens is 362 g/mol. The Morgan fingerprint density at radius 1 is 1.33 bits per heavy atom. The van der Waals surface area contributed by atoms with Gasteiger partial charge in [-0.05, 0) is 42.5 Å². The summed E-state index contributed by atoms with van der Waals surface area (Å²) in [4.78, 5) is 16.6. The van der Waals surface area contributed by atoms with Gasteiger partial charge in [-0.3, -0.25) is 4.79 Å². The maximum absolute atomic E-state index is 12.5. The quantitative estimate of drug-likeness (QED) is 0.705. The monoisotopic (exact) mass is 383 g/mol. The lowest BCUT2D eigenvalue weighted by molar-refractivity contribution is 0.0696. The third-order valence-corrected chi connectivity index (χ3v) is 5.63. The summed E-state index contributed by atoms with van der Waals surface area (Å²) in [5.41, 5.74) is 7.59. The van der Waals surface area contributed by atoms with E-state index in [1.807, 2.05) is 23.6 Å². The summed E-state index contributed by atoms with van der Waals surface area (Å²) in [5, 5.41) is 6.04. The number of amides is 1. The summed E-state index contributed by atoms with van der Waals surface area (Å²) < 4.78 is 12.3. The third kappa shape index (κ3) is 4.04. The summed E-state index contributed by atoms with van der Waals surface area (Å²) >= 11 is 1.62. The SMILES string of the molecule is Nc1nccc2scc(COc3cccc(C(=O)NC4CCOCC4)c3)c12. The highest BCUT2D eigenvalue weighted by Gasteiger charge is 2.17. The van der Waals surface area contributed by atoms with Crippen molar-refractivity contribution < 1.29 is 14.3 Å². The highest BCUT2D eigenvalue weighted by Crippen LogP contribution is 2.30. The van der Waals surface area contributed by atoms with Crippen molar-refractivity contribution in [1.82, 2.24) is 10.3 Å². The highest BCUT2D eigenvalue weighted by molar-refractivity contribution is 7.17. The van der Waals surface area contributed by atoms with E-state index >= 15 is 0 Å². The number of rotatable bonds is 5. The van der Waals surface area contributed by atoms with Crippen molar-refractivity contribution in [3.63, 3.8) is 0 Å². The van der Waals surface area contributed by atoms with Crippen LogP contribution >= 0.6 is 11.3 Å². The number of nitrogens with two attached hydrogens (primary N) is 1. The number of aromatic nitrogens is 1. The topological polar surface area (TPSA) is 86.5 Å². The third-order valence-electron chi connectivity index (χ3n) is 4.64. The van der Waals surface area contributed by atoms with E-state index in [9.17, 15) is 4.79 Å². The van der Waals surface area contributed by atoms with Gasteiger partial charge in [0.2, 0.25) is 0 Å². The van der Waals surface area contributed by atoms with Gasteiger partial charge < -0.3 is 20.5 Å². The van der Waals surface area contributed by atoms with Crippen LogP contribution in [-0.4, -0.2) is 30.1 Å². The molecule has 6 nitrogen and oxygen atoms in total. The van der Waals surface area contributed by atoms with Crippen LogP contribution in [0.4, 0.5) is 5.82 Å². The second kappa shape index (κ2) is 7.94. The predicted molar refractivity (Wildman–Crippen MR) is 106 cm³/mol. The minimum Gasteiger partial charge on any atom is -0.489 e. The van der Waals surface area contributed by atoms with Crippen LogP contribution in [0.1, 0.15) is 28.8 Å². The summed E-state index contributed by atoms with van der Waals surface area (Å²) in [6, 6.07) is 9.36. The van der Waals surface area contributed by atoms with Crippen molar-refractivity contribution in [2.24, 2.45) is 0 Å². The number of hydrogen-bond donors (Lipinski definition) is 2. The van der Waals surface area contributed by atoms with Crippen LogP contribution in [0.15, 0.2) is 41.9 Å². The lowest BCUT2D eigenvalue weighted by atomic mass is 10.1. The normalized spacial score (nSPS) is 15.0. The van der Waals surface area contributed by atoms with Crippen LogP contribution in [0.5, 0.6) is 5.75 Å². The number of nitrogens with one attached hydrogen (secondary N) is 1. The number of nitrogen functional groups attached to an aromatic ring is 1. The van der Waals surface area contributed by atoms with Crippen LogP contribution < -0.4 is 15.8 Å². The molecular formula is C20H21N3O3S. The molecule has 1 aromatic carbocycles. The van der Waals surface area contributed by atoms with E-state index < -0.39 is 0 Å². The number of hydrogen-bond acceptors (Lipinski definition) is 6. The molecule has 1 saturated heterocycles. The van der Waals surface area contributed by atoms with E-state index in [0.717, 1.165) is 28.5 Å². The van der Waals surface area contributed by atoms with E-state index in [1.165, 1.54) is 0 Å². The van der Waals surface area contributed by atoms with E-state index in [-0.39, 0.29) is 11.9 Å². The predicted octanol–water partition coefficient (Wildman–Crippen LogP) is 3.37. The van der Waals surface area contributed by atoms with Crippen LogP contribution in [0, 0.1) is 0 Å². The fourth-order valence-electron chi connectivity index (χ4n) is 3.18. The van der Waals surface area contributed by atoms with Gasteiger partial charge in [-0.25, -0.2) is 4.98 Å². The Kier molecular flexibility index (Phi) is 5.22. The first kappa shape index (κ1) is 17.8. The molecule has 27 heavy (non-hydrogen) atoms. The molecule has 3 aromatic rings. The maximum Gasteiger partial charge on any atom is 0.251 e. The second-order valence-corrected chi connectivity index (χ2v) is 7.42. The average Bonchev–Trinajstić information content (AvgIpc) is 3.12. The van der Waals surface area contributed by atoms with Crippen LogP contribution in [0.3, 0.4) is 0 Å². The van der Waals surface area contributed by atoms with Crippen molar-refractivity contribution >= 4 is 33.1 Å². The Balaban J connectivity index is 1.43. The van der Waals surface area contributed by atoms with Gasteiger partial charge in [0, 0.05) is 46.7 Å². The molecule has 0 atom stereocenters. The molecule has 7 heteroatoms. The van der Waals surface area contributed by atoms with Crippen LogP contribution in [-0.2, 0) is 11.3 Å². The molecule has 4 rings (SSSR count). The van der Waals surface area contributed by atoms with E-state index in [0.29, 0.717) is 37.0 Å².